The number of hydrogen-bond acceptors (Lipinski definition) is 2. The van der Waals surface area contributed by atoms with E-state index in [0.29, 0.717) is 0 Å². The lowest BCUT2D eigenvalue weighted by molar-refractivity contribution is -0.118. The van der Waals surface area contributed by atoms with E-state index in [9.17, 15) is 4.79 Å². The van der Waals surface area contributed by atoms with Crippen LogP contribution in [0.2, 0.25) is 0 Å². The van der Waals surface area contributed by atoms with Gasteiger partial charge in [-0.1, -0.05) is 25.1 Å². The van der Waals surface area contributed by atoms with Gasteiger partial charge in [-0.2, -0.15) is 0 Å². The van der Waals surface area contributed by atoms with Crippen molar-refractivity contribution >= 4 is 11.6 Å². The Kier molecular flexibility index (Phi) is 4.42. The molecule has 3 heteroatoms. The summed E-state index contributed by atoms with van der Waals surface area (Å²) in [5, 5.41) is 2.88. The van der Waals surface area contributed by atoms with Crippen LogP contribution in [0.1, 0.15) is 30.0 Å². The largest absolute Gasteiger partial charge is 0.484 e. The van der Waals surface area contributed by atoms with Crippen LogP contribution in [0.4, 0.5) is 5.69 Å². The third-order valence-electron chi connectivity index (χ3n) is 4.06. The van der Waals surface area contributed by atoms with Gasteiger partial charge in [-0.3, -0.25) is 4.79 Å². The van der Waals surface area contributed by atoms with Gasteiger partial charge >= 0.3 is 0 Å². The first-order valence-electron chi connectivity index (χ1n) is 7.88. The van der Waals surface area contributed by atoms with Crippen molar-refractivity contribution in [2.75, 3.05) is 11.9 Å². The molecule has 0 fully saturated rings. The van der Waals surface area contributed by atoms with E-state index in [-0.39, 0.29) is 12.5 Å². The number of rotatable bonds is 5. The molecule has 0 atom stereocenters. The molecule has 1 aliphatic rings. The van der Waals surface area contributed by atoms with Crippen molar-refractivity contribution in [1.82, 2.24) is 0 Å². The number of benzene rings is 2. The lowest BCUT2D eigenvalue weighted by Gasteiger charge is -2.09. The summed E-state index contributed by atoms with van der Waals surface area (Å²) in [5.41, 5.74) is 4.79. The molecule has 0 unspecified atom stereocenters. The SMILES string of the molecule is CCc1cccc(NC(=O)COc2ccc3c(c2)CCC3)c1. The second-order valence-electron chi connectivity index (χ2n) is 5.67. The molecule has 0 aliphatic heterocycles. The van der Waals surface area contributed by atoms with E-state index < -0.39 is 0 Å². The molecule has 0 saturated carbocycles. The van der Waals surface area contributed by atoms with Crippen LogP contribution in [0.3, 0.4) is 0 Å². The Morgan fingerprint density at radius 1 is 1.14 bits per heavy atom. The number of nitrogens with one attached hydrogen (secondary N) is 1. The minimum atomic E-state index is -0.131. The second-order valence-corrected chi connectivity index (χ2v) is 5.67. The van der Waals surface area contributed by atoms with E-state index in [4.69, 9.17) is 4.74 Å². The van der Waals surface area contributed by atoms with Crippen LogP contribution in [0.25, 0.3) is 0 Å². The fourth-order valence-electron chi connectivity index (χ4n) is 2.85. The second kappa shape index (κ2) is 6.65. The minimum Gasteiger partial charge on any atom is -0.484 e. The first-order chi connectivity index (χ1) is 10.7. The van der Waals surface area contributed by atoms with Crippen molar-refractivity contribution in [3.8, 4) is 5.75 Å². The van der Waals surface area contributed by atoms with Gasteiger partial charge < -0.3 is 10.1 Å². The Bertz CT molecular complexity index is 679. The molecule has 3 nitrogen and oxygen atoms in total. The number of anilines is 1. The molecule has 22 heavy (non-hydrogen) atoms. The van der Waals surface area contributed by atoms with Gasteiger partial charge in [0.2, 0.25) is 0 Å². The summed E-state index contributed by atoms with van der Waals surface area (Å²) in [6.07, 6.45) is 4.44. The first-order valence-corrected chi connectivity index (χ1v) is 7.88. The zero-order valence-corrected chi connectivity index (χ0v) is 12.9. The normalized spacial score (nSPS) is 12.8. The summed E-state index contributed by atoms with van der Waals surface area (Å²) in [4.78, 5) is 12.0. The molecule has 1 N–H and O–H groups in total. The molecular formula is C19H21NO2. The summed E-state index contributed by atoms with van der Waals surface area (Å²) < 4.78 is 5.61. The van der Waals surface area contributed by atoms with Crippen LogP contribution in [0, 0.1) is 0 Å². The maximum atomic E-state index is 12.0. The van der Waals surface area contributed by atoms with Crippen molar-refractivity contribution in [3.05, 3.63) is 59.2 Å². The molecule has 0 radical (unpaired) electrons. The Labute approximate surface area is 131 Å². The molecule has 2 aromatic rings. The molecule has 2 aromatic carbocycles. The van der Waals surface area contributed by atoms with Crippen molar-refractivity contribution in [3.63, 3.8) is 0 Å². The average Bonchev–Trinajstić information content (AvgIpc) is 3.00. The Morgan fingerprint density at radius 3 is 2.86 bits per heavy atom. The van der Waals surface area contributed by atoms with Gasteiger partial charge in [0.25, 0.3) is 5.91 Å². The highest BCUT2D eigenvalue weighted by atomic mass is 16.5. The van der Waals surface area contributed by atoms with Crippen LogP contribution in [0.15, 0.2) is 42.5 Å². The van der Waals surface area contributed by atoms with Crippen molar-refractivity contribution in [2.45, 2.75) is 32.6 Å². The minimum absolute atomic E-state index is 0.0368. The highest BCUT2D eigenvalue weighted by Gasteiger charge is 2.12. The third-order valence-corrected chi connectivity index (χ3v) is 4.06. The molecule has 0 spiro atoms. The topological polar surface area (TPSA) is 38.3 Å². The molecule has 0 saturated heterocycles. The molecule has 0 heterocycles. The summed E-state index contributed by atoms with van der Waals surface area (Å²) in [6.45, 7) is 2.13. The van der Waals surface area contributed by atoms with Crippen LogP contribution < -0.4 is 10.1 Å². The number of carbonyl (C=O) groups excluding carboxylic acids is 1. The summed E-state index contributed by atoms with van der Waals surface area (Å²) in [7, 11) is 0. The zero-order valence-electron chi connectivity index (χ0n) is 12.9. The standard InChI is InChI=1S/C19H21NO2/c1-2-14-5-3-8-17(11-14)20-19(21)13-22-18-10-9-15-6-4-7-16(15)12-18/h3,5,8-12H,2,4,6-7,13H2,1H3,(H,20,21). The van der Waals surface area contributed by atoms with Gasteiger partial charge in [0.1, 0.15) is 5.75 Å². The van der Waals surface area contributed by atoms with Gasteiger partial charge in [0, 0.05) is 5.69 Å². The fourth-order valence-corrected chi connectivity index (χ4v) is 2.85. The summed E-state index contributed by atoms with van der Waals surface area (Å²) in [6, 6.07) is 14.0. The molecule has 1 aliphatic carbocycles. The predicted octanol–water partition coefficient (Wildman–Crippen LogP) is 3.76. The van der Waals surface area contributed by atoms with Gasteiger partial charge in [-0.15, -0.1) is 0 Å². The third kappa shape index (κ3) is 3.48. The molecule has 114 valence electrons. The quantitative estimate of drug-likeness (QED) is 0.912. The van der Waals surface area contributed by atoms with Crippen LogP contribution in [-0.2, 0) is 24.1 Å². The molecule has 1 amide bonds. The number of fused-ring (bicyclic) bond motifs is 1. The predicted molar refractivity (Wildman–Crippen MR) is 88.4 cm³/mol. The van der Waals surface area contributed by atoms with Gasteiger partial charge in [0.05, 0.1) is 0 Å². The van der Waals surface area contributed by atoms with E-state index in [0.717, 1.165) is 30.7 Å². The molecular weight excluding hydrogens is 274 g/mol. The number of carbonyl (C=O) groups is 1. The van der Waals surface area contributed by atoms with E-state index in [1.54, 1.807) is 0 Å². The van der Waals surface area contributed by atoms with Crippen molar-refractivity contribution in [2.24, 2.45) is 0 Å². The number of aryl methyl sites for hydroxylation is 3. The van der Waals surface area contributed by atoms with E-state index in [1.807, 2.05) is 24.3 Å². The van der Waals surface area contributed by atoms with E-state index in [1.165, 1.54) is 23.1 Å². The maximum Gasteiger partial charge on any atom is 0.262 e. The smallest absolute Gasteiger partial charge is 0.262 e. The Morgan fingerprint density at radius 2 is 2.00 bits per heavy atom. The monoisotopic (exact) mass is 295 g/mol. The number of amides is 1. The number of hydrogen-bond donors (Lipinski definition) is 1. The Hall–Kier alpha value is -2.29. The summed E-state index contributed by atoms with van der Waals surface area (Å²) >= 11 is 0. The van der Waals surface area contributed by atoms with Crippen molar-refractivity contribution in [1.29, 1.82) is 0 Å². The van der Waals surface area contributed by atoms with Crippen LogP contribution in [-0.4, -0.2) is 12.5 Å². The van der Waals surface area contributed by atoms with Crippen LogP contribution >= 0.6 is 0 Å². The molecule has 0 bridgehead atoms. The van der Waals surface area contributed by atoms with Crippen LogP contribution in [0.5, 0.6) is 5.75 Å². The first kappa shape index (κ1) is 14.6. The molecule has 0 aromatic heterocycles. The lowest BCUT2D eigenvalue weighted by Crippen LogP contribution is -2.20. The van der Waals surface area contributed by atoms with E-state index in [2.05, 4.69) is 30.4 Å². The number of ether oxygens (including phenoxy) is 1. The highest BCUT2D eigenvalue weighted by Crippen LogP contribution is 2.26. The van der Waals surface area contributed by atoms with Crippen molar-refractivity contribution < 1.29 is 9.53 Å². The lowest BCUT2D eigenvalue weighted by atomic mass is 10.1. The van der Waals surface area contributed by atoms with E-state index >= 15 is 0 Å². The fraction of sp³-hybridized carbons (Fsp3) is 0.316. The van der Waals surface area contributed by atoms with Gasteiger partial charge in [-0.05, 0) is 66.6 Å². The zero-order chi connectivity index (χ0) is 15.4. The molecule has 3 rings (SSSR count). The van der Waals surface area contributed by atoms with Gasteiger partial charge in [0.15, 0.2) is 6.61 Å². The summed E-state index contributed by atoms with van der Waals surface area (Å²) in [5.74, 6) is 0.645. The average molecular weight is 295 g/mol. The maximum absolute atomic E-state index is 12.0. The van der Waals surface area contributed by atoms with Gasteiger partial charge in [-0.25, -0.2) is 0 Å². The Balaban J connectivity index is 1.56. The highest BCUT2D eigenvalue weighted by molar-refractivity contribution is 5.91.